The molecule has 3 rings (SSSR count). The van der Waals surface area contributed by atoms with Gasteiger partial charge < -0.3 is 9.64 Å². The summed E-state index contributed by atoms with van der Waals surface area (Å²) < 4.78 is 32.2. The van der Waals surface area contributed by atoms with Crippen molar-refractivity contribution in [1.29, 1.82) is 0 Å². The van der Waals surface area contributed by atoms with Gasteiger partial charge in [0.2, 0.25) is 0 Å². The highest BCUT2D eigenvalue weighted by molar-refractivity contribution is 7.99. The van der Waals surface area contributed by atoms with Crippen LogP contribution in [0.25, 0.3) is 0 Å². The van der Waals surface area contributed by atoms with Crippen molar-refractivity contribution in [3.8, 4) is 5.75 Å². The second-order valence-corrected chi connectivity index (χ2v) is 7.10. The average molecular weight is 363 g/mol. The van der Waals surface area contributed by atoms with Gasteiger partial charge in [-0.3, -0.25) is 4.79 Å². The summed E-state index contributed by atoms with van der Waals surface area (Å²) in [7, 11) is 0. The Hall–Kier alpha value is -2.08. The van der Waals surface area contributed by atoms with Crippen molar-refractivity contribution < 1.29 is 18.3 Å². The molecular formula is C19H19F2NO2S. The van der Waals surface area contributed by atoms with E-state index in [1.54, 1.807) is 22.7 Å². The number of ether oxygens (including phenoxy) is 1. The standard InChI is InChI=1S/C19H19F2NO2S/c20-14-5-7-15(8-6-14)24-13-19(23)22-10-9-18(25-12-11-22)16-3-1-2-4-17(16)21/h1-8,18H,9-13H2. The first-order chi connectivity index (χ1) is 12.1. The minimum Gasteiger partial charge on any atom is -0.484 e. The molecule has 0 radical (unpaired) electrons. The molecule has 1 saturated heterocycles. The van der Waals surface area contributed by atoms with Crippen LogP contribution in [0, 0.1) is 11.6 Å². The Balaban J connectivity index is 1.54. The molecule has 0 aromatic heterocycles. The molecule has 2 aromatic carbocycles. The lowest BCUT2D eigenvalue weighted by Gasteiger charge is -2.20. The zero-order valence-corrected chi connectivity index (χ0v) is 14.5. The van der Waals surface area contributed by atoms with E-state index < -0.39 is 0 Å². The van der Waals surface area contributed by atoms with E-state index in [0.717, 1.165) is 5.75 Å². The summed E-state index contributed by atoms with van der Waals surface area (Å²) in [5.74, 6) is 0.561. The van der Waals surface area contributed by atoms with Gasteiger partial charge in [-0.2, -0.15) is 11.8 Å². The van der Waals surface area contributed by atoms with E-state index in [1.165, 1.54) is 30.3 Å². The first kappa shape index (κ1) is 17.7. The molecule has 1 aliphatic heterocycles. The fraction of sp³-hybridized carbons (Fsp3) is 0.316. The summed E-state index contributed by atoms with van der Waals surface area (Å²) in [4.78, 5) is 14.1. The van der Waals surface area contributed by atoms with Gasteiger partial charge in [-0.1, -0.05) is 18.2 Å². The zero-order valence-electron chi connectivity index (χ0n) is 13.7. The van der Waals surface area contributed by atoms with Gasteiger partial charge in [0.05, 0.1) is 0 Å². The first-order valence-corrected chi connectivity index (χ1v) is 9.20. The number of amides is 1. The number of hydrogen-bond donors (Lipinski definition) is 0. The number of thioether (sulfide) groups is 1. The Bertz CT molecular complexity index is 724. The third-order valence-corrected chi connectivity index (χ3v) is 5.43. The van der Waals surface area contributed by atoms with Crippen molar-refractivity contribution in [3.05, 3.63) is 65.7 Å². The van der Waals surface area contributed by atoms with E-state index in [0.29, 0.717) is 30.8 Å². The summed E-state index contributed by atoms with van der Waals surface area (Å²) in [5.41, 5.74) is 0.698. The third kappa shape index (κ3) is 4.72. The molecule has 0 saturated carbocycles. The monoisotopic (exact) mass is 363 g/mol. The Morgan fingerprint density at radius 2 is 1.88 bits per heavy atom. The predicted octanol–water partition coefficient (Wildman–Crippen LogP) is 4.05. The van der Waals surface area contributed by atoms with Crippen LogP contribution in [0.2, 0.25) is 0 Å². The highest BCUT2D eigenvalue weighted by Gasteiger charge is 2.23. The van der Waals surface area contributed by atoms with Crippen molar-refractivity contribution in [2.75, 3.05) is 25.4 Å². The largest absolute Gasteiger partial charge is 0.484 e. The fourth-order valence-electron chi connectivity index (χ4n) is 2.77. The minimum absolute atomic E-state index is 0.0528. The minimum atomic E-state index is -0.345. The number of benzene rings is 2. The van der Waals surface area contributed by atoms with Crippen molar-refractivity contribution in [3.63, 3.8) is 0 Å². The molecule has 3 nitrogen and oxygen atoms in total. The van der Waals surface area contributed by atoms with Crippen LogP contribution in [0.1, 0.15) is 17.2 Å². The van der Waals surface area contributed by atoms with E-state index in [9.17, 15) is 13.6 Å². The average Bonchev–Trinajstić information content (AvgIpc) is 2.87. The Labute approximate surface area is 150 Å². The number of carbonyl (C=O) groups excluding carboxylic acids is 1. The molecule has 1 heterocycles. The number of nitrogens with zero attached hydrogens (tertiary/aromatic N) is 1. The van der Waals surface area contributed by atoms with E-state index in [2.05, 4.69) is 0 Å². The van der Waals surface area contributed by atoms with E-state index in [1.807, 2.05) is 12.1 Å². The number of rotatable bonds is 4. The summed E-state index contributed by atoms with van der Waals surface area (Å²) in [6.45, 7) is 1.10. The molecule has 25 heavy (non-hydrogen) atoms. The lowest BCUT2D eigenvalue weighted by Crippen LogP contribution is -2.36. The molecule has 6 heteroatoms. The van der Waals surface area contributed by atoms with Crippen molar-refractivity contribution >= 4 is 17.7 Å². The molecule has 2 aromatic rings. The maximum atomic E-state index is 14.0. The molecule has 132 valence electrons. The number of carbonyl (C=O) groups is 1. The maximum Gasteiger partial charge on any atom is 0.260 e. The molecular weight excluding hydrogens is 344 g/mol. The Morgan fingerprint density at radius 3 is 2.64 bits per heavy atom. The van der Waals surface area contributed by atoms with Gasteiger partial charge in [0, 0.05) is 29.7 Å². The normalized spacial score (nSPS) is 17.8. The quantitative estimate of drug-likeness (QED) is 0.821. The molecule has 1 atom stereocenters. The lowest BCUT2D eigenvalue weighted by molar-refractivity contribution is -0.133. The van der Waals surface area contributed by atoms with Crippen LogP contribution in [0.3, 0.4) is 0 Å². The SMILES string of the molecule is O=C(COc1ccc(F)cc1)N1CCSC(c2ccccc2F)CC1. The molecule has 0 bridgehead atoms. The summed E-state index contributed by atoms with van der Waals surface area (Å²) in [6, 6.07) is 12.4. The van der Waals surface area contributed by atoms with Gasteiger partial charge in [-0.05, 0) is 36.8 Å². The highest BCUT2D eigenvalue weighted by atomic mass is 32.2. The zero-order chi connectivity index (χ0) is 17.6. The van der Waals surface area contributed by atoms with Crippen molar-refractivity contribution in [2.24, 2.45) is 0 Å². The van der Waals surface area contributed by atoms with Gasteiger partial charge in [0.25, 0.3) is 5.91 Å². The van der Waals surface area contributed by atoms with Crippen LogP contribution in [0.5, 0.6) is 5.75 Å². The molecule has 1 amide bonds. The smallest absolute Gasteiger partial charge is 0.260 e. The summed E-state index contributed by atoms with van der Waals surface area (Å²) in [5, 5.41) is 0.0528. The summed E-state index contributed by atoms with van der Waals surface area (Å²) >= 11 is 1.67. The van der Waals surface area contributed by atoms with Crippen LogP contribution >= 0.6 is 11.8 Å². The number of halogens is 2. The van der Waals surface area contributed by atoms with E-state index in [-0.39, 0.29) is 29.4 Å². The molecule has 0 aliphatic carbocycles. The molecule has 0 N–H and O–H groups in total. The first-order valence-electron chi connectivity index (χ1n) is 8.15. The third-order valence-electron chi connectivity index (χ3n) is 4.12. The maximum absolute atomic E-state index is 14.0. The van der Waals surface area contributed by atoms with Gasteiger partial charge in [0.15, 0.2) is 6.61 Å². The van der Waals surface area contributed by atoms with Crippen molar-refractivity contribution in [1.82, 2.24) is 4.90 Å². The Kier molecular flexibility index (Phi) is 5.91. The van der Waals surface area contributed by atoms with Gasteiger partial charge in [-0.15, -0.1) is 0 Å². The lowest BCUT2D eigenvalue weighted by atomic mass is 10.1. The molecule has 1 unspecified atom stereocenters. The van der Waals surface area contributed by atoms with Crippen LogP contribution in [-0.4, -0.2) is 36.3 Å². The molecule has 1 aliphatic rings. The highest BCUT2D eigenvalue weighted by Crippen LogP contribution is 2.35. The van der Waals surface area contributed by atoms with Crippen LogP contribution < -0.4 is 4.74 Å². The van der Waals surface area contributed by atoms with Crippen LogP contribution in [-0.2, 0) is 4.79 Å². The topological polar surface area (TPSA) is 29.5 Å². The summed E-state index contributed by atoms with van der Waals surface area (Å²) in [6.07, 6.45) is 0.702. The van der Waals surface area contributed by atoms with Crippen LogP contribution in [0.15, 0.2) is 48.5 Å². The molecule has 1 fully saturated rings. The fourth-order valence-corrected chi connectivity index (χ4v) is 4.02. The van der Waals surface area contributed by atoms with E-state index in [4.69, 9.17) is 4.74 Å². The molecule has 0 spiro atoms. The van der Waals surface area contributed by atoms with Crippen LogP contribution in [0.4, 0.5) is 8.78 Å². The van der Waals surface area contributed by atoms with Gasteiger partial charge >= 0.3 is 0 Å². The predicted molar refractivity (Wildman–Crippen MR) is 94.7 cm³/mol. The van der Waals surface area contributed by atoms with Crippen molar-refractivity contribution in [2.45, 2.75) is 11.7 Å². The van der Waals surface area contributed by atoms with Gasteiger partial charge in [0.1, 0.15) is 17.4 Å². The van der Waals surface area contributed by atoms with Gasteiger partial charge in [-0.25, -0.2) is 8.78 Å². The number of hydrogen-bond acceptors (Lipinski definition) is 3. The van der Waals surface area contributed by atoms with E-state index >= 15 is 0 Å². The second-order valence-electron chi connectivity index (χ2n) is 5.79. The second kappa shape index (κ2) is 8.34. The Morgan fingerprint density at radius 1 is 1.12 bits per heavy atom.